The van der Waals surface area contributed by atoms with Gasteiger partial charge in [0.25, 0.3) is 0 Å². The minimum atomic E-state index is -2.92. The molecule has 2 N–H and O–H groups in total. The number of fused-ring (bicyclic) bond motifs is 2. The fourth-order valence-electron chi connectivity index (χ4n) is 6.31. The van der Waals surface area contributed by atoms with E-state index in [2.05, 4.69) is 109 Å². The molecule has 2 nitrogen and oxygen atoms in total. The normalized spacial score (nSPS) is 13.2. The Kier molecular flexibility index (Phi) is 6.14. The third kappa shape index (κ3) is 4.10. The maximum absolute atomic E-state index is 10.8. The molecule has 1 aliphatic rings. The molecule has 0 saturated heterocycles. The van der Waals surface area contributed by atoms with Crippen LogP contribution in [0.4, 0.5) is 0 Å². The van der Waals surface area contributed by atoms with Crippen LogP contribution in [0, 0.1) is 0 Å². The largest absolute Gasteiger partial charge is 0.507 e. The predicted molar refractivity (Wildman–Crippen MR) is 173 cm³/mol. The maximum atomic E-state index is 10.8. The zero-order chi connectivity index (χ0) is 27.8. The highest BCUT2D eigenvalue weighted by Crippen LogP contribution is 2.32. The summed E-state index contributed by atoms with van der Waals surface area (Å²) in [7, 11) is -2.92. The minimum Gasteiger partial charge on any atom is -0.507 e. The Bertz CT molecular complexity index is 1770. The van der Waals surface area contributed by atoms with E-state index in [4.69, 9.17) is 0 Å². The second-order valence-corrected chi connectivity index (χ2v) is 14.2. The van der Waals surface area contributed by atoms with Crippen molar-refractivity contribution in [2.24, 2.45) is 0 Å². The van der Waals surface area contributed by atoms with Gasteiger partial charge in [-0.1, -0.05) is 146 Å². The molecule has 0 unspecified atom stereocenters. The first-order valence-corrected chi connectivity index (χ1v) is 15.8. The first-order valence-electron chi connectivity index (χ1n) is 13.8. The van der Waals surface area contributed by atoms with E-state index < -0.39 is 8.07 Å². The van der Waals surface area contributed by atoms with Gasteiger partial charge in [-0.15, -0.1) is 0 Å². The van der Waals surface area contributed by atoms with Crippen molar-refractivity contribution in [2.45, 2.75) is 0 Å². The monoisotopic (exact) mass is 544 g/mol. The first-order chi connectivity index (χ1) is 20.2. The molecule has 0 bridgehead atoms. The van der Waals surface area contributed by atoms with E-state index >= 15 is 0 Å². The lowest BCUT2D eigenvalue weighted by Gasteiger charge is -2.36. The highest BCUT2D eigenvalue weighted by atomic mass is 28.3. The van der Waals surface area contributed by atoms with Crippen LogP contribution in [0.5, 0.6) is 11.5 Å². The molecule has 0 fully saturated rings. The van der Waals surface area contributed by atoms with Gasteiger partial charge in [0.2, 0.25) is 0 Å². The summed E-state index contributed by atoms with van der Waals surface area (Å²) in [6.45, 7) is 0. The molecule has 0 aliphatic carbocycles. The Morgan fingerprint density at radius 1 is 0.390 bits per heavy atom. The smallest absolute Gasteiger partial charge is 0.180 e. The summed E-state index contributed by atoms with van der Waals surface area (Å²) in [6, 6.07) is 50.0. The highest BCUT2D eigenvalue weighted by Gasteiger charge is 2.45. The number of para-hydroxylation sites is 2. The lowest BCUT2D eigenvalue weighted by molar-refractivity contribution is 0.477. The van der Waals surface area contributed by atoms with Gasteiger partial charge in [-0.25, -0.2) is 0 Å². The number of benzene rings is 6. The third-order valence-corrected chi connectivity index (χ3v) is 13.1. The van der Waals surface area contributed by atoms with Crippen LogP contribution in [0.15, 0.2) is 146 Å². The van der Waals surface area contributed by atoms with E-state index in [0.717, 1.165) is 22.3 Å². The van der Waals surface area contributed by atoms with Gasteiger partial charge < -0.3 is 10.2 Å². The summed E-state index contributed by atoms with van der Waals surface area (Å²) >= 11 is 0. The molecule has 0 amide bonds. The molecule has 7 rings (SSSR count). The average molecular weight is 545 g/mol. The Morgan fingerprint density at radius 2 is 0.780 bits per heavy atom. The van der Waals surface area contributed by atoms with Crippen molar-refractivity contribution in [3.05, 3.63) is 157 Å². The summed E-state index contributed by atoms with van der Waals surface area (Å²) in [5, 5.41) is 26.7. The van der Waals surface area contributed by atoms with Gasteiger partial charge in [0.15, 0.2) is 8.07 Å². The minimum absolute atomic E-state index is 0.269. The SMILES string of the molecule is Oc1ccccc1-c1ccc2c(c1)[Si](c1ccccc1)(c1ccccc1)c1cc(-c3ccccc3O)ccc1C=C2. The average Bonchev–Trinajstić information content (AvgIpc) is 3.17. The molecule has 6 aromatic rings. The van der Waals surface area contributed by atoms with E-state index in [9.17, 15) is 10.2 Å². The molecule has 41 heavy (non-hydrogen) atoms. The third-order valence-electron chi connectivity index (χ3n) is 8.20. The second kappa shape index (κ2) is 10.1. The van der Waals surface area contributed by atoms with Gasteiger partial charge >= 0.3 is 0 Å². The number of phenolic OH excluding ortho intramolecular Hbond substituents is 2. The van der Waals surface area contributed by atoms with Gasteiger partial charge in [0.1, 0.15) is 11.5 Å². The molecule has 1 aliphatic heterocycles. The van der Waals surface area contributed by atoms with Gasteiger partial charge in [-0.3, -0.25) is 0 Å². The van der Waals surface area contributed by atoms with Crippen molar-refractivity contribution in [3.8, 4) is 33.8 Å². The van der Waals surface area contributed by atoms with E-state index in [1.807, 2.05) is 36.4 Å². The van der Waals surface area contributed by atoms with Crippen LogP contribution in [-0.4, -0.2) is 18.3 Å². The molecule has 0 atom stereocenters. The van der Waals surface area contributed by atoms with Crippen LogP contribution < -0.4 is 20.7 Å². The lowest BCUT2D eigenvalue weighted by atomic mass is 10.0. The molecular formula is C38H28O2Si. The number of hydrogen-bond donors (Lipinski definition) is 2. The molecule has 6 aromatic carbocycles. The highest BCUT2D eigenvalue weighted by molar-refractivity contribution is 7.20. The topological polar surface area (TPSA) is 40.5 Å². The van der Waals surface area contributed by atoms with Gasteiger partial charge in [0.05, 0.1) is 0 Å². The van der Waals surface area contributed by atoms with Crippen LogP contribution in [0.25, 0.3) is 34.4 Å². The molecule has 0 saturated carbocycles. The van der Waals surface area contributed by atoms with E-state index in [1.54, 1.807) is 12.1 Å². The lowest BCUT2D eigenvalue weighted by Crippen LogP contribution is -2.75. The van der Waals surface area contributed by atoms with E-state index in [1.165, 1.54) is 31.9 Å². The van der Waals surface area contributed by atoms with Crippen molar-refractivity contribution >= 4 is 41.0 Å². The van der Waals surface area contributed by atoms with Crippen LogP contribution in [0.1, 0.15) is 11.1 Å². The summed E-state index contributed by atoms with van der Waals surface area (Å²) < 4.78 is 0. The standard InChI is InChI=1S/C38H28O2Si/c39-35-17-9-7-15-33(35)29-23-21-27-19-20-28-22-24-30(34-16-8-10-18-36(34)40)26-38(28)41(37(27)25-29,31-11-3-1-4-12-31)32-13-5-2-6-14-32/h1-26,39-40H. The zero-order valence-corrected chi connectivity index (χ0v) is 23.4. The number of aromatic hydroxyl groups is 2. The fraction of sp³-hybridized carbons (Fsp3) is 0. The number of rotatable bonds is 4. The molecule has 0 spiro atoms. The predicted octanol–water partition coefficient (Wildman–Crippen LogP) is 6.29. The molecule has 0 radical (unpaired) electrons. The molecular weight excluding hydrogens is 517 g/mol. The van der Waals surface area contributed by atoms with Gasteiger partial charge in [-0.2, -0.15) is 0 Å². The Balaban J connectivity index is 1.63. The van der Waals surface area contributed by atoms with Crippen LogP contribution in [-0.2, 0) is 0 Å². The zero-order valence-electron chi connectivity index (χ0n) is 22.4. The van der Waals surface area contributed by atoms with E-state index in [-0.39, 0.29) is 11.5 Å². The maximum Gasteiger partial charge on any atom is 0.180 e. The number of hydrogen-bond acceptors (Lipinski definition) is 2. The van der Waals surface area contributed by atoms with Crippen LogP contribution in [0.3, 0.4) is 0 Å². The van der Waals surface area contributed by atoms with Crippen molar-refractivity contribution in [1.82, 2.24) is 0 Å². The molecule has 0 aromatic heterocycles. The van der Waals surface area contributed by atoms with Crippen molar-refractivity contribution < 1.29 is 10.2 Å². The van der Waals surface area contributed by atoms with Crippen molar-refractivity contribution in [1.29, 1.82) is 0 Å². The second-order valence-electron chi connectivity index (χ2n) is 10.5. The fourth-order valence-corrected chi connectivity index (χ4v) is 11.5. The first kappa shape index (κ1) is 24.9. The van der Waals surface area contributed by atoms with E-state index in [0.29, 0.717) is 0 Å². The van der Waals surface area contributed by atoms with Crippen molar-refractivity contribution in [3.63, 3.8) is 0 Å². The Hall–Kier alpha value is -5.12. The molecule has 196 valence electrons. The van der Waals surface area contributed by atoms with Crippen molar-refractivity contribution in [2.75, 3.05) is 0 Å². The summed E-state index contributed by atoms with van der Waals surface area (Å²) in [5.41, 5.74) is 5.94. The Morgan fingerprint density at radius 3 is 1.20 bits per heavy atom. The summed E-state index contributed by atoms with van der Waals surface area (Å²) in [4.78, 5) is 0. The van der Waals surface area contributed by atoms with Gasteiger partial charge in [-0.05, 0) is 55.1 Å². The molecule has 3 heteroatoms. The summed E-state index contributed by atoms with van der Waals surface area (Å²) in [6.07, 6.45) is 4.45. The number of phenols is 2. The summed E-state index contributed by atoms with van der Waals surface area (Å²) in [5.74, 6) is 0.538. The molecule has 1 heterocycles. The Labute approximate surface area is 241 Å². The quantitative estimate of drug-likeness (QED) is 0.256. The van der Waals surface area contributed by atoms with Crippen LogP contribution in [0.2, 0.25) is 0 Å². The van der Waals surface area contributed by atoms with Gasteiger partial charge in [0, 0.05) is 11.1 Å². The van der Waals surface area contributed by atoms with Crippen LogP contribution >= 0.6 is 0 Å².